The third-order valence-electron chi connectivity index (χ3n) is 0.796. The molecule has 0 amide bonds. The minimum absolute atomic E-state index is 0.0463. The van der Waals surface area contributed by atoms with Crippen molar-refractivity contribution in [3.63, 3.8) is 0 Å². The van der Waals surface area contributed by atoms with Crippen LogP contribution in [0.15, 0.2) is 0 Å². The van der Waals surface area contributed by atoms with Crippen LogP contribution in [0.5, 0.6) is 0 Å². The molecule has 0 spiro atoms. The first-order valence-corrected chi connectivity index (χ1v) is 4.84. The highest BCUT2D eigenvalue weighted by Gasteiger charge is 1.99. The molecule has 0 fully saturated rings. The van der Waals surface area contributed by atoms with Gasteiger partial charge in [-0.2, -0.15) is 0 Å². The van der Waals surface area contributed by atoms with Gasteiger partial charge in [0, 0.05) is 14.5 Å². The van der Waals surface area contributed by atoms with Crippen LogP contribution >= 0.6 is 11.6 Å². The van der Waals surface area contributed by atoms with E-state index in [1.54, 1.807) is 0 Å². The Balaban J connectivity index is 2.95. The van der Waals surface area contributed by atoms with Crippen molar-refractivity contribution in [2.45, 2.75) is 31.3 Å². The monoisotopic (exact) mass is 136 g/mol. The molecule has 44 valence electrons. The Bertz CT molecular complexity index is 37.3. The zero-order valence-electron chi connectivity index (χ0n) is 5.24. The van der Waals surface area contributed by atoms with Gasteiger partial charge < -0.3 is 0 Å². The average Bonchev–Trinajstić information content (AvgIpc) is 1.27. The maximum atomic E-state index is 5.73. The fourth-order valence-electron chi connectivity index (χ4n) is 0.650. The normalized spacial score (nSPS) is 16.7. The van der Waals surface area contributed by atoms with E-state index in [9.17, 15) is 0 Å². The van der Waals surface area contributed by atoms with Gasteiger partial charge in [-0.1, -0.05) is 26.3 Å². The van der Waals surface area contributed by atoms with Crippen molar-refractivity contribution >= 4 is 21.1 Å². The summed E-state index contributed by atoms with van der Waals surface area (Å²) in [5, 5.41) is 0.486. The molecule has 0 heterocycles. The Kier molecular flexibility index (Phi) is 3.76. The van der Waals surface area contributed by atoms with Crippen molar-refractivity contribution in [3.05, 3.63) is 0 Å². The highest BCUT2D eigenvalue weighted by molar-refractivity contribution is 6.53. The van der Waals surface area contributed by atoms with E-state index in [1.165, 1.54) is 0 Å². The van der Waals surface area contributed by atoms with Gasteiger partial charge in [-0.15, -0.1) is 11.6 Å². The zero-order valence-corrected chi connectivity index (χ0v) is 7.41. The van der Waals surface area contributed by atoms with E-state index in [1.807, 2.05) is 0 Å². The average molecular weight is 137 g/mol. The van der Waals surface area contributed by atoms with Crippen molar-refractivity contribution in [3.8, 4) is 0 Å². The van der Waals surface area contributed by atoms with Crippen molar-refractivity contribution in [1.82, 2.24) is 0 Å². The zero-order chi connectivity index (χ0) is 5.86. The predicted molar refractivity (Wildman–Crippen MR) is 39.0 cm³/mol. The Morgan fingerprint density at radius 3 is 1.71 bits per heavy atom. The molecule has 7 heavy (non-hydrogen) atoms. The molecule has 0 aliphatic carbocycles. The van der Waals surface area contributed by atoms with E-state index in [0.29, 0.717) is 5.00 Å². The van der Waals surface area contributed by atoms with Gasteiger partial charge in [0.2, 0.25) is 0 Å². The standard InChI is InChI=1S/C5H13ClSi/c1-4(2)7-5(3)6/h4-5H,7H2,1-3H3. The molecule has 0 nitrogen and oxygen atoms in total. The molecule has 1 atom stereocenters. The third kappa shape index (κ3) is 6.51. The van der Waals surface area contributed by atoms with E-state index >= 15 is 0 Å². The molecule has 0 aromatic rings. The summed E-state index contributed by atoms with van der Waals surface area (Å²) >= 11 is 5.73. The predicted octanol–water partition coefficient (Wildman–Crippen LogP) is 1.57. The van der Waals surface area contributed by atoms with Crippen LogP contribution in [0.2, 0.25) is 5.54 Å². The molecule has 1 unspecified atom stereocenters. The van der Waals surface area contributed by atoms with E-state index in [-0.39, 0.29) is 9.52 Å². The second-order valence-electron chi connectivity index (χ2n) is 2.41. The number of hydrogen-bond donors (Lipinski definition) is 0. The van der Waals surface area contributed by atoms with Crippen LogP contribution in [0.4, 0.5) is 0 Å². The quantitative estimate of drug-likeness (QED) is 0.400. The summed E-state index contributed by atoms with van der Waals surface area (Å²) in [5.74, 6) is 0. The van der Waals surface area contributed by atoms with E-state index in [2.05, 4.69) is 20.8 Å². The summed E-state index contributed by atoms with van der Waals surface area (Å²) in [5.41, 5.74) is 0.882. The number of halogens is 1. The van der Waals surface area contributed by atoms with E-state index in [4.69, 9.17) is 11.6 Å². The minimum atomic E-state index is 0.0463. The summed E-state index contributed by atoms with van der Waals surface area (Å²) in [6.45, 7) is 6.57. The number of hydrogen-bond acceptors (Lipinski definition) is 0. The topological polar surface area (TPSA) is 0 Å². The summed E-state index contributed by atoms with van der Waals surface area (Å²) < 4.78 is 0. The largest absolute Gasteiger partial charge is 0.128 e. The molecule has 0 saturated heterocycles. The molecule has 0 bridgehead atoms. The third-order valence-corrected chi connectivity index (χ3v) is 2.92. The van der Waals surface area contributed by atoms with Crippen LogP contribution in [0.3, 0.4) is 0 Å². The van der Waals surface area contributed by atoms with Crippen molar-refractivity contribution in [2.75, 3.05) is 0 Å². The summed E-state index contributed by atoms with van der Waals surface area (Å²) in [6.07, 6.45) is 0. The maximum absolute atomic E-state index is 5.73. The van der Waals surface area contributed by atoms with Crippen LogP contribution in [0.25, 0.3) is 0 Å². The Hall–Kier alpha value is 0.507. The smallest absolute Gasteiger partial charge is 0.0440 e. The van der Waals surface area contributed by atoms with Gasteiger partial charge in [-0.05, 0) is 0 Å². The van der Waals surface area contributed by atoms with Crippen LogP contribution in [-0.2, 0) is 0 Å². The number of rotatable bonds is 2. The van der Waals surface area contributed by atoms with Gasteiger partial charge in [-0.25, -0.2) is 0 Å². The maximum Gasteiger partial charge on any atom is 0.0440 e. The Morgan fingerprint density at radius 1 is 1.29 bits per heavy atom. The molecule has 0 radical (unpaired) electrons. The molecular weight excluding hydrogens is 124 g/mol. The second-order valence-corrected chi connectivity index (χ2v) is 7.00. The van der Waals surface area contributed by atoms with E-state index < -0.39 is 0 Å². The van der Waals surface area contributed by atoms with Crippen LogP contribution in [-0.4, -0.2) is 14.5 Å². The van der Waals surface area contributed by atoms with Gasteiger partial charge >= 0.3 is 0 Å². The van der Waals surface area contributed by atoms with Crippen molar-refractivity contribution in [1.29, 1.82) is 0 Å². The van der Waals surface area contributed by atoms with Crippen LogP contribution in [0.1, 0.15) is 20.8 Å². The molecule has 0 N–H and O–H groups in total. The summed E-state index contributed by atoms with van der Waals surface area (Å²) in [6, 6.07) is 0. The molecular formula is C5H13ClSi. The fraction of sp³-hybridized carbons (Fsp3) is 1.00. The lowest BCUT2D eigenvalue weighted by molar-refractivity contribution is 1.04. The van der Waals surface area contributed by atoms with Gasteiger partial charge in [0.1, 0.15) is 0 Å². The highest BCUT2D eigenvalue weighted by atomic mass is 35.5. The SMILES string of the molecule is CC(C)[SiH2]C(C)Cl. The van der Waals surface area contributed by atoms with Gasteiger partial charge in [-0.3, -0.25) is 0 Å². The lowest BCUT2D eigenvalue weighted by Crippen LogP contribution is -2.06. The molecule has 0 aliphatic heterocycles. The molecule has 0 aromatic heterocycles. The molecule has 0 aromatic carbocycles. The Morgan fingerprint density at radius 2 is 1.71 bits per heavy atom. The van der Waals surface area contributed by atoms with E-state index in [0.717, 1.165) is 5.54 Å². The first kappa shape index (κ1) is 7.51. The fourth-order valence-corrected chi connectivity index (χ4v) is 3.02. The first-order valence-electron chi connectivity index (χ1n) is 2.77. The molecule has 0 aliphatic rings. The minimum Gasteiger partial charge on any atom is -0.128 e. The summed E-state index contributed by atoms with van der Waals surface area (Å²) in [7, 11) is 0.0463. The molecule has 0 rings (SSSR count). The first-order chi connectivity index (χ1) is 3.13. The Labute approximate surface area is 53.1 Å². The van der Waals surface area contributed by atoms with Gasteiger partial charge in [0.25, 0.3) is 0 Å². The van der Waals surface area contributed by atoms with Crippen LogP contribution < -0.4 is 0 Å². The van der Waals surface area contributed by atoms with Gasteiger partial charge in [0.05, 0.1) is 0 Å². The lowest BCUT2D eigenvalue weighted by atomic mass is 10.6. The van der Waals surface area contributed by atoms with Crippen LogP contribution in [0, 0.1) is 0 Å². The lowest BCUT2D eigenvalue weighted by Gasteiger charge is -2.02. The highest BCUT2D eigenvalue weighted by Crippen LogP contribution is 2.03. The summed E-state index contributed by atoms with van der Waals surface area (Å²) in [4.78, 5) is 0. The number of alkyl halides is 1. The second kappa shape index (κ2) is 3.50. The van der Waals surface area contributed by atoms with Crippen molar-refractivity contribution < 1.29 is 0 Å². The van der Waals surface area contributed by atoms with Crippen molar-refractivity contribution in [2.24, 2.45) is 0 Å². The van der Waals surface area contributed by atoms with Gasteiger partial charge in [0.15, 0.2) is 0 Å². The molecule has 2 heteroatoms. The molecule has 0 saturated carbocycles.